The highest BCUT2D eigenvalue weighted by Crippen LogP contribution is 2.31. The van der Waals surface area contributed by atoms with E-state index >= 15 is 0 Å². The van der Waals surface area contributed by atoms with Gasteiger partial charge >= 0.3 is 0 Å². The third-order valence-corrected chi connectivity index (χ3v) is 4.17. The van der Waals surface area contributed by atoms with Crippen LogP contribution in [-0.4, -0.2) is 54.8 Å². The van der Waals surface area contributed by atoms with E-state index in [-0.39, 0.29) is 6.61 Å². The Morgan fingerprint density at radius 2 is 2.18 bits per heavy atom. The second-order valence-corrected chi connectivity index (χ2v) is 5.80. The van der Waals surface area contributed by atoms with E-state index < -0.39 is 5.54 Å². The fourth-order valence-corrected chi connectivity index (χ4v) is 2.93. The molecule has 2 aromatic rings. The van der Waals surface area contributed by atoms with Crippen molar-refractivity contribution in [3.63, 3.8) is 0 Å². The predicted molar refractivity (Wildman–Crippen MR) is 85.1 cm³/mol. The molecule has 1 fully saturated rings. The van der Waals surface area contributed by atoms with Gasteiger partial charge in [-0.15, -0.1) is 0 Å². The summed E-state index contributed by atoms with van der Waals surface area (Å²) in [7, 11) is 0. The summed E-state index contributed by atoms with van der Waals surface area (Å²) in [6.07, 6.45) is 2.80. The van der Waals surface area contributed by atoms with Gasteiger partial charge in [-0.1, -0.05) is 6.07 Å². The number of nitrogens with two attached hydrogens (primary N) is 1. The van der Waals surface area contributed by atoms with Crippen molar-refractivity contribution >= 4 is 22.9 Å². The number of fused-ring (bicyclic) bond motifs is 1. The van der Waals surface area contributed by atoms with Gasteiger partial charge in [0, 0.05) is 42.3 Å². The fraction of sp³-hybridized carbons (Fsp3) is 0.438. The van der Waals surface area contributed by atoms with Gasteiger partial charge in [-0.05, 0) is 17.7 Å². The summed E-state index contributed by atoms with van der Waals surface area (Å²) in [6, 6.07) is 6.08. The van der Waals surface area contributed by atoms with E-state index in [0.717, 1.165) is 35.2 Å². The predicted octanol–water partition coefficient (Wildman–Crippen LogP) is 0.436. The lowest BCUT2D eigenvalue weighted by Crippen LogP contribution is -2.47. The Morgan fingerprint density at radius 3 is 2.86 bits per heavy atom. The average molecular weight is 303 g/mol. The maximum Gasteiger partial charge on any atom is 0.142 e. The van der Waals surface area contributed by atoms with Gasteiger partial charge in [0.1, 0.15) is 6.29 Å². The Morgan fingerprint density at radius 1 is 1.41 bits per heavy atom. The number of aliphatic hydroxyl groups excluding tert-OH is 1. The number of ether oxygens (including phenoxy) is 1. The topological polar surface area (TPSA) is 91.6 Å². The number of aromatic nitrogens is 1. The molecule has 0 unspecified atom stereocenters. The summed E-state index contributed by atoms with van der Waals surface area (Å²) in [5.41, 5.74) is 7.76. The number of hydrogen-bond acceptors (Lipinski definition) is 5. The molecule has 0 saturated carbocycles. The zero-order valence-electron chi connectivity index (χ0n) is 12.4. The molecule has 1 atom stereocenters. The zero-order valence-corrected chi connectivity index (χ0v) is 12.4. The highest BCUT2D eigenvalue weighted by Gasteiger charge is 2.26. The zero-order chi connectivity index (χ0) is 15.6. The summed E-state index contributed by atoms with van der Waals surface area (Å²) in [4.78, 5) is 16.7. The Kier molecular flexibility index (Phi) is 4.15. The first-order chi connectivity index (χ1) is 10.7. The van der Waals surface area contributed by atoms with E-state index in [1.165, 1.54) is 0 Å². The van der Waals surface area contributed by atoms with E-state index in [1.807, 2.05) is 18.3 Å². The van der Waals surface area contributed by atoms with Crippen LogP contribution >= 0.6 is 0 Å². The first kappa shape index (κ1) is 15.0. The van der Waals surface area contributed by atoms with Crippen LogP contribution in [-0.2, 0) is 16.0 Å². The molecule has 4 N–H and O–H groups in total. The molecule has 3 rings (SSSR count). The summed E-state index contributed by atoms with van der Waals surface area (Å²) >= 11 is 0. The molecule has 6 heteroatoms. The number of rotatable bonds is 5. The van der Waals surface area contributed by atoms with Gasteiger partial charge in [0.2, 0.25) is 0 Å². The average Bonchev–Trinajstić information content (AvgIpc) is 2.98. The quantitative estimate of drug-likeness (QED) is 0.697. The van der Waals surface area contributed by atoms with Gasteiger partial charge in [0.25, 0.3) is 0 Å². The molecule has 1 aliphatic heterocycles. The van der Waals surface area contributed by atoms with Gasteiger partial charge in [-0.3, -0.25) is 0 Å². The van der Waals surface area contributed by atoms with Crippen LogP contribution in [0, 0.1) is 0 Å². The molecule has 0 spiro atoms. The molecule has 0 aliphatic carbocycles. The maximum absolute atomic E-state index is 11.2. The Hall–Kier alpha value is -1.89. The van der Waals surface area contributed by atoms with Crippen LogP contribution in [0.2, 0.25) is 0 Å². The van der Waals surface area contributed by atoms with E-state index in [2.05, 4.69) is 16.0 Å². The number of H-pyrrole nitrogens is 1. The lowest BCUT2D eigenvalue weighted by atomic mass is 9.93. The SMILES string of the molecule is N[C@@](C=O)(CO)Cc1c[nH]c2cccc(N3CCOCC3)c12. The third kappa shape index (κ3) is 2.72. The molecule has 0 radical (unpaired) electrons. The Labute approximate surface area is 128 Å². The molecule has 6 nitrogen and oxygen atoms in total. The maximum atomic E-state index is 11.2. The molecule has 1 aliphatic rings. The summed E-state index contributed by atoms with van der Waals surface area (Å²) in [5, 5.41) is 10.4. The highest BCUT2D eigenvalue weighted by atomic mass is 16.5. The van der Waals surface area contributed by atoms with Crippen LogP contribution < -0.4 is 10.6 Å². The van der Waals surface area contributed by atoms with Gasteiger partial charge in [0.15, 0.2) is 0 Å². The van der Waals surface area contributed by atoms with E-state index in [1.54, 1.807) is 0 Å². The first-order valence-electron chi connectivity index (χ1n) is 7.44. The molecule has 1 saturated heterocycles. The van der Waals surface area contributed by atoms with Crippen molar-refractivity contribution in [1.29, 1.82) is 0 Å². The third-order valence-electron chi connectivity index (χ3n) is 4.17. The largest absolute Gasteiger partial charge is 0.394 e. The minimum absolute atomic E-state index is 0.300. The van der Waals surface area contributed by atoms with Crippen LogP contribution in [0.4, 0.5) is 5.69 Å². The number of benzene rings is 1. The van der Waals surface area contributed by atoms with Crippen molar-refractivity contribution in [2.75, 3.05) is 37.8 Å². The number of morpholine rings is 1. The number of aliphatic hydroxyl groups is 1. The summed E-state index contributed by atoms with van der Waals surface area (Å²) < 4.78 is 5.41. The van der Waals surface area contributed by atoms with E-state index in [9.17, 15) is 9.90 Å². The van der Waals surface area contributed by atoms with Gasteiger partial charge in [-0.25, -0.2) is 0 Å². The number of carbonyl (C=O) groups excluding carboxylic acids is 1. The molecule has 0 amide bonds. The van der Waals surface area contributed by atoms with Crippen LogP contribution in [0.25, 0.3) is 10.9 Å². The number of aldehydes is 1. The van der Waals surface area contributed by atoms with Gasteiger partial charge in [0.05, 0.1) is 25.4 Å². The number of anilines is 1. The monoisotopic (exact) mass is 303 g/mol. The molecular formula is C16H21N3O3. The summed E-state index contributed by atoms with van der Waals surface area (Å²) in [6.45, 7) is 2.73. The Balaban J connectivity index is 2.02. The minimum atomic E-state index is -1.24. The summed E-state index contributed by atoms with van der Waals surface area (Å²) in [5.74, 6) is 0. The minimum Gasteiger partial charge on any atom is -0.394 e. The molecule has 0 bridgehead atoms. The number of carbonyl (C=O) groups is 1. The van der Waals surface area contributed by atoms with Crippen molar-refractivity contribution in [2.24, 2.45) is 5.73 Å². The fourth-order valence-electron chi connectivity index (χ4n) is 2.93. The standard InChI is InChI=1S/C16H21N3O3/c17-16(10-20,11-21)8-12-9-18-13-2-1-3-14(15(12)13)19-4-6-22-7-5-19/h1-3,9-10,18,21H,4-8,11,17H2/t16-/m0/s1. The molecule has 22 heavy (non-hydrogen) atoms. The molecule has 2 heterocycles. The van der Waals surface area contributed by atoms with Gasteiger partial charge in [-0.2, -0.15) is 0 Å². The molecule has 1 aromatic heterocycles. The van der Waals surface area contributed by atoms with Crippen molar-refractivity contribution in [3.8, 4) is 0 Å². The van der Waals surface area contributed by atoms with Crippen molar-refractivity contribution in [2.45, 2.75) is 12.0 Å². The van der Waals surface area contributed by atoms with Crippen molar-refractivity contribution < 1.29 is 14.6 Å². The number of nitrogens with zero attached hydrogens (tertiary/aromatic N) is 1. The lowest BCUT2D eigenvalue weighted by Gasteiger charge is -2.30. The molecule has 1 aromatic carbocycles. The molecule has 118 valence electrons. The Bertz CT molecular complexity index is 664. The van der Waals surface area contributed by atoms with Crippen molar-refractivity contribution in [1.82, 2.24) is 4.98 Å². The van der Waals surface area contributed by atoms with Crippen LogP contribution in [0.3, 0.4) is 0 Å². The van der Waals surface area contributed by atoms with Crippen LogP contribution in [0.1, 0.15) is 5.56 Å². The van der Waals surface area contributed by atoms with Crippen LogP contribution in [0.5, 0.6) is 0 Å². The van der Waals surface area contributed by atoms with Crippen molar-refractivity contribution in [3.05, 3.63) is 30.0 Å². The smallest absolute Gasteiger partial charge is 0.142 e. The molecular weight excluding hydrogens is 282 g/mol. The number of aromatic amines is 1. The second-order valence-electron chi connectivity index (χ2n) is 5.80. The second kappa shape index (κ2) is 6.08. The van der Waals surface area contributed by atoms with Gasteiger partial charge < -0.3 is 30.3 Å². The first-order valence-corrected chi connectivity index (χ1v) is 7.44. The number of hydrogen-bond donors (Lipinski definition) is 3. The number of nitrogens with one attached hydrogen (secondary N) is 1. The highest BCUT2D eigenvalue weighted by molar-refractivity contribution is 5.96. The lowest BCUT2D eigenvalue weighted by molar-refractivity contribution is -0.113. The van der Waals surface area contributed by atoms with E-state index in [4.69, 9.17) is 10.5 Å². The normalized spacial score (nSPS) is 18.4. The van der Waals surface area contributed by atoms with E-state index in [0.29, 0.717) is 25.9 Å². The van der Waals surface area contributed by atoms with Crippen LogP contribution in [0.15, 0.2) is 24.4 Å².